The van der Waals surface area contributed by atoms with E-state index in [0.29, 0.717) is 24.2 Å². The third-order valence-corrected chi connectivity index (χ3v) is 3.73. The number of amides is 1. The highest BCUT2D eigenvalue weighted by atomic mass is 19.4. The summed E-state index contributed by atoms with van der Waals surface area (Å²) in [4.78, 5) is 12.1. The molecular weight excluding hydrogens is 269 g/mol. The molecule has 1 amide bonds. The van der Waals surface area contributed by atoms with Crippen molar-refractivity contribution in [2.45, 2.75) is 31.9 Å². The standard InChI is InChI=1S/C14H17F3N2O/c15-14(16,17)10-5-3-4-9(8-10)13(20)19-12-7-2-1-6-11(12)18/h1-2,6-7,9-10H,3-5,8,18H2,(H,19,20). The Kier molecular flexibility index (Phi) is 4.20. The van der Waals surface area contributed by atoms with Crippen LogP contribution in [0.5, 0.6) is 0 Å². The summed E-state index contributed by atoms with van der Waals surface area (Å²) in [5, 5.41) is 2.62. The molecule has 2 rings (SSSR count). The number of halogens is 3. The largest absolute Gasteiger partial charge is 0.397 e. The van der Waals surface area contributed by atoms with Crippen LogP contribution in [0.25, 0.3) is 0 Å². The molecule has 110 valence electrons. The van der Waals surface area contributed by atoms with Crippen molar-refractivity contribution in [2.24, 2.45) is 11.8 Å². The van der Waals surface area contributed by atoms with E-state index in [4.69, 9.17) is 5.73 Å². The highest BCUT2D eigenvalue weighted by molar-refractivity contribution is 5.95. The van der Waals surface area contributed by atoms with E-state index in [-0.39, 0.29) is 18.7 Å². The molecule has 1 saturated carbocycles. The van der Waals surface area contributed by atoms with Crippen molar-refractivity contribution < 1.29 is 18.0 Å². The van der Waals surface area contributed by atoms with Gasteiger partial charge in [-0.3, -0.25) is 4.79 Å². The molecule has 20 heavy (non-hydrogen) atoms. The fraction of sp³-hybridized carbons (Fsp3) is 0.500. The van der Waals surface area contributed by atoms with E-state index in [9.17, 15) is 18.0 Å². The van der Waals surface area contributed by atoms with Gasteiger partial charge < -0.3 is 11.1 Å². The molecule has 1 fully saturated rings. The molecule has 3 N–H and O–H groups in total. The van der Waals surface area contributed by atoms with Crippen LogP contribution < -0.4 is 11.1 Å². The fourth-order valence-corrected chi connectivity index (χ4v) is 2.57. The first kappa shape index (κ1) is 14.7. The molecule has 1 aliphatic carbocycles. The van der Waals surface area contributed by atoms with E-state index in [1.165, 1.54) is 0 Å². The zero-order valence-corrected chi connectivity index (χ0v) is 10.9. The Bertz CT molecular complexity index is 488. The molecule has 2 atom stereocenters. The third-order valence-electron chi connectivity index (χ3n) is 3.73. The number of rotatable bonds is 2. The Morgan fingerprint density at radius 2 is 1.95 bits per heavy atom. The van der Waals surface area contributed by atoms with Crippen molar-refractivity contribution in [1.82, 2.24) is 0 Å². The predicted molar refractivity (Wildman–Crippen MR) is 71.0 cm³/mol. The predicted octanol–water partition coefficient (Wildman–Crippen LogP) is 3.58. The number of nitrogen functional groups attached to an aromatic ring is 1. The number of alkyl halides is 3. The zero-order valence-electron chi connectivity index (χ0n) is 10.9. The lowest BCUT2D eigenvalue weighted by Crippen LogP contribution is -2.34. The van der Waals surface area contributed by atoms with Crippen LogP contribution in [0, 0.1) is 11.8 Å². The summed E-state index contributed by atoms with van der Waals surface area (Å²) in [5.41, 5.74) is 6.56. The maximum atomic E-state index is 12.7. The average Bonchev–Trinajstić information content (AvgIpc) is 2.40. The summed E-state index contributed by atoms with van der Waals surface area (Å²) in [6.45, 7) is 0. The number of benzene rings is 1. The van der Waals surface area contributed by atoms with Crippen LogP contribution in [0.15, 0.2) is 24.3 Å². The summed E-state index contributed by atoms with van der Waals surface area (Å²) in [6, 6.07) is 6.71. The van der Waals surface area contributed by atoms with Gasteiger partial charge in [0, 0.05) is 5.92 Å². The molecule has 0 bridgehead atoms. The van der Waals surface area contributed by atoms with Crippen molar-refractivity contribution in [1.29, 1.82) is 0 Å². The highest BCUT2D eigenvalue weighted by Crippen LogP contribution is 2.40. The van der Waals surface area contributed by atoms with Crippen LogP contribution in [0.2, 0.25) is 0 Å². The van der Waals surface area contributed by atoms with Gasteiger partial charge in [-0.25, -0.2) is 0 Å². The van der Waals surface area contributed by atoms with Gasteiger partial charge in [-0.1, -0.05) is 18.6 Å². The monoisotopic (exact) mass is 286 g/mol. The number of hydrogen-bond donors (Lipinski definition) is 2. The van der Waals surface area contributed by atoms with Gasteiger partial charge >= 0.3 is 6.18 Å². The van der Waals surface area contributed by atoms with E-state index in [1.54, 1.807) is 24.3 Å². The van der Waals surface area contributed by atoms with Crippen molar-refractivity contribution in [3.05, 3.63) is 24.3 Å². The highest BCUT2D eigenvalue weighted by Gasteiger charge is 2.43. The van der Waals surface area contributed by atoms with Crippen molar-refractivity contribution in [2.75, 3.05) is 11.1 Å². The summed E-state index contributed by atoms with van der Waals surface area (Å²) in [6.07, 6.45) is -3.33. The van der Waals surface area contributed by atoms with E-state index in [2.05, 4.69) is 5.32 Å². The molecule has 0 saturated heterocycles. The van der Waals surface area contributed by atoms with Gasteiger partial charge in [0.15, 0.2) is 0 Å². The quantitative estimate of drug-likeness (QED) is 0.816. The minimum atomic E-state index is -4.22. The molecule has 0 radical (unpaired) electrons. The molecule has 0 heterocycles. The summed E-state index contributed by atoms with van der Waals surface area (Å²) in [5.74, 6) is -2.35. The van der Waals surface area contributed by atoms with E-state index in [0.717, 1.165) is 0 Å². The van der Waals surface area contributed by atoms with Crippen LogP contribution in [0.4, 0.5) is 24.5 Å². The number of hydrogen-bond acceptors (Lipinski definition) is 2. The van der Waals surface area contributed by atoms with Gasteiger partial charge in [-0.05, 0) is 31.4 Å². The molecule has 6 heteroatoms. The van der Waals surface area contributed by atoms with E-state index >= 15 is 0 Å². The first-order valence-electron chi connectivity index (χ1n) is 6.60. The van der Waals surface area contributed by atoms with Crippen LogP contribution in [-0.4, -0.2) is 12.1 Å². The summed E-state index contributed by atoms with van der Waals surface area (Å²) >= 11 is 0. The van der Waals surface area contributed by atoms with Crippen LogP contribution in [-0.2, 0) is 4.79 Å². The van der Waals surface area contributed by atoms with Gasteiger partial charge in [0.2, 0.25) is 5.91 Å². The minimum Gasteiger partial charge on any atom is -0.397 e. The SMILES string of the molecule is Nc1ccccc1NC(=O)C1CCCC(C(F)(F)F)C1. The molecule has 1 aromatic rings. The van der Waals surface area contributed by atoms with Gasteiger partial charge in [0.25, 0.3) is 0 Å². The summed E-state index contributed by atoms with van der Waals surface area (Å²) in [7, 11) is 0. The number of nitrogens with one attached hydrogen (secondary N) is 1. The molecule has 1 aliphatic rings. The third kappa shape index (κ3) is 3.43. The van der Waals surface area contributed by atoms with Crippen molar-refractivity contribution >= 4 is 17.3 Å². The zero-order chi connectivity index (χ0) is 14.8. The van der Waals surface area contributed by atoms with Crippen LogP contribution in [0.1, 0.15) is 25.7 Å². The van der Waals surface area contributed by atoms with Crippen LogP contribution >= 0.6 is 0 Å². The molecule has 0 spiro atoms. The Morgan fingerprint density at radius 1 is 1.25 bits per heavy atom. The first-order chi connectivity index (χ1) is 9.38. The maximum absolute atomic E-state index is 12.7. The van der Waals surface area contributed by atoms with Gasteiger partial charge in [-0.2, -0.15) is 13.2 Å². The first-order valence-corrected chi connectivity index (χ1v) is 6.60. The van der Waals surface area contributed by atoms with Gasteiger partial charge in [-0.15, -0.1) is 0 Å². The smallest absolute Gasteiger partial charge is 0.391 e. The van der Waals surface area contributed by atoms with E-state index in [1.807, 2.05) is 0 Å². The lowest BCUT2D eigenvalue weighted by atomic mass is 9.80. The van der Waals surface area contributed by atoms with Crippen LogP contribution in [0.3, 0.4) is 0 Å². The number of carbonyl (C=O) groups is 1. The average molecular weight is 286 g/mol. The lowest BCUT2D eigenvalue weighted by Gasteiger charge is -2.29. The molecule has 3 nitrogen and oxygen atoms in total. The summed E-state index contributed by atoms with van der Waals surface area (Å²) < 4.78 is 38.2. The van der Waals surface area contributed by atoms with Crippen molar-refractivity contribution in [3.8, 4) is 0 Å². The Labute approximate surface area is 115 Å². The molecule has 1 aromatic carbocycles. The number of carbonyl (C=O) groups excluding carboxylic acids is 1. The van der Waals surface area contributed by atoms with Gasteiger partial charge in [0.1, 0.15) is 0 Å². The maximum Gasteiger partial charge on any atom is 0.391 e. The lowest BCUT2D eigenvalue weighted by molar-refractivity contribution is -0.185. The molecule has 0 aromatic heterocycles. The normalized spacial score (nSPS) is 23.4. The Balaban J connectivity index is 2.01. The molecular formula is C14H17F3N2O. The van der Waals surface area contributed by atoms with Gasteiger partial charge in [0.05, 0.1) is 17.3 Å². The Morgan fingerprint density at radius 3 is 2.60 bits per heavy atom. The topological polar surface area (TPSA) is 55.1 Å². The van der Waals surface area contributed by atoms with Crippen molar-refractivity contribution in [3.63, 3.8) is 0 Å². The number of nitrogens with two attached hydrogens (primary N) is 1. The second-order valence-electron chi connectivity index (χ2n) is 5.18. The Hall–Kier alpha value is -1.72. The number of para-hydroxylation sites is 2. The minimum absolute atomic E-state index is 0.112. The second kappa shape index (κ2) is 5.73. The number of anilines is 2. The molecule has 0 aliphatic heterocycles. The van der Waals surface area contributed by atoms with E-state index < -0.39 is 18.0 Å². The second-order valence-corrected chi connectivity index (χ2v) is 5.18. The fourth-order valence-electron chi connectivity index (χ4n) is 2.57. The molecule has 2 unspecified atom stereocenters.